The molecule has 0 fully saturated rings. The number of nitrogens with two attached hydrogens (primary N) is 1. The number of nitrogens with one attached hydrogen (secondary N) is 1. The van der Waals surface area contributed by atoms with E-state index in [1.807, 2.05) is 26.2 Å². The van der Waals surface area contributed by atoms with E-state index in [9.17, 15) is 0 Å². The first-order valence-electron chi connectivity index (χ1n) is 6.92. The molecule has 0 aliphatic carbocycles. The van der Waals surface area contributed by atoms with Gasteiger partial charge in [-0.3, -0.25) is 4.99 Å². The van der Waals surface area contributed by atoms with Crippen LogP contribution in [0.5, 0.6) is 5.75 Å². The molecule has 0 saturated carbocycles. The van der Waals surface area contributed by atoms with E-state index in [1.54, 1.807) is 7.11 Å². The van der Waals surface area contributed by atoms with Crippen molar-refractivity contribution >= 4 is 5.96 Å². The lowest BCUT2D eigenvalue weighted by atomic mass is 10.1. The summed E-state index contributed by atoms with van der Waals surface area (Å²) in [5, 5.41) is 3.09. The van der Waals surface area contributed by atoms with Gasteiger partial charge in [-0.25, -0.2) is 0 Å². The second kappa shape index (κ2) is 8.43. The molecule has 0 bridgehead atoms. The van der Waals surface area contributed by atoms with Crippen molar-refractivity contribution in [3.05, 3.63) is 29.8 Å². The van der Waals surface area contributed by atoms with E-state index in [4.69, 9.17) is 10.5 Å². The Bertz CT molecular complexity index is 414. The van der Waals surface area contributed by atoms with Gasteiger partial charge in [0.25, 0.3) is 0 Å². The van der Waals surface area contributed by atoms with E-state index in [2.05, 4.69) is 34.3 Å². The van der Waals surface area contributed by atoms with Crippen molar-refractivity contribution in [2.24, 2.45) is 10.7 Å². The van der Waals surface area contributed by atoms with Gasteiger partial charge in [-0.15, -0.1) is 0 Å². The van der Waals surface area contributed by atoms with E-state index < -0.39 is 0 Å². The average molecular weight is 278 g/mol. The van der Waals surface area contributed by atoms with Crippen LogP contribution in [0.4, 0.5) is 0 Å². The fourth-order valence-corrected chi connectivity index (χ4v) is 1.89. The largest absolute Gasteiger partial charge is 0.497 e. The second-order valence-electron chi connectivity index (χ2n) is 4.91. The molecule has 1 unspecified atom stereocenters. The Hall–Kier alpha value is -1.75. The molecule has 1 atom stereocenters. The van der Waals surface area contributed by atoms with E-state index >= 15 is 0 Å². The van der Waals surface area contributed by atoms with Crippen molar-refractivity contribution in [3.63, 3.8) is 0 Å². The van der Waals surface area contributed by atoms with Crippen molar-refractivity contribution in [2.45, 2.75) is 19.4 Å². The van der Waals surface area contributed by atoms with Gasteiger partial charge in [-0.2, -0.15) is 0 Å². The standard InChI is InChI=1S/C15H26N4O/c1-5-10-17-15(16)18-11-14(19(2)3)12-6-8-13(20-4)9-7-12/h6-9,14H,5,10-11H2,1-4H3,(H3,16,17,18). The van der Waals surface area contributed by atoms with Gasteiger partial charge in [0, 0.05) is 6.54 Å². The number of hydrogen-bond donors (Lipinski definition) is 2. The molecule has 0 heterocycles. The van der Waals surface area contributed by atoms with Gasteiger partial charge in [-0.1, -0.05) is 19.1 Å². The Morgan fingerprint density at radius 2 is 2.00 bits per heavy atom. The van der Waals surface area contributed by atoms with Gasteiger partial charge in [-0.05, 0) is 38.2 Å². The molecular formula is C15H26N4O. The van der Waals surface area contributed by atoms with Crippen LogP contribution in [0, 0.1) is 0 Å². The molecular weight excluding hydrogens is 252 g/mol. The summed E-state index contributed by atoms with van der Waals surface area (Å²) in [6, 6.07) is 8.26. The molecule has 5 heteroatoms. The van der Waals surface area contributed by atoms with Gasteiger partial charge in [0.1, 0.15) is 5.75 Å². The molecule has 0 radical (unpaired) electrons. The van der Waals surface area contributed by atoms with E-state index in [0.717, 1.165) is 18.7 Å². The van der Waals surface area contributed by atoms with Gasteiger partial charge < -0.3 is 20.7 Å². The fraction of sp³-hybridized carbons (Fsp3) is 0.533. The predicted molar refractivity (Wildman–Crippen MR) is 84.2 cm³/mol. The first kappa shape index (κ1) is 16.3. The fourth-order valence-electron chi connectivity index (χ4n) is 1.89. The quantitative estimate of drug-likeness (QED) is 0.587. The maximum atomic E-state index is 5.83. The number of nitrogens with zero attached hydrogens (tertiary/aromatic N) is 2. The summed E-state index contributed by atoms with van der Waals surface area (Å²) in [6.07, 6.45) is 1.03. The van der Waals surface area contributed by atoms with Crippen molar-refractivity contribution in [3.8, 4) is 5.75 Å². The van der Waals surface area contributed by atoms with Crippen LogP contribution in [-0.4, -0.2) is 45.2 Å². The van der Waals surface area contributed by atoms with Crippen molar-refractivity contribution < 1.29 is 4.74 Å². The maximum absolute atomic E-state index is 5.83. The summed E-state index contributed by atoms with van der Waals surface area (Å²) < 4.78 is 5.18. The third kappa shape index (κ3) is 5.09. The molecule has 0 aliphatic heterocycles. The van der Waals surface area contributed by atoms with E-state index in [0.29, 0.717) is 12.5 Å². The van der Waals surface area contributed by atoms with Crippen LogP contribution in [0.1, 0.15) is 24.9 Å². The molecule has 0 saturated heterocycles. The monoisotopic (exact) mass is 278 g/mol. The molecule has 3 N–H and O–H groups in total. The Morgan fingerprint density at radius 3 is 2.50 bits per heavy atom. The van der Waals surface area contributed by atoms with Crippen LogP contribution in [0.15, 0.2) is 29.3 Å². The lowest BCUT2D eigenvalue weighted by Gasteiger charge is -2.23. The Morgan fingerprint density at radius 1 is 1.35 bits per heavy atom. The third-order valence-corrected chi connectivity index (χ3v) is 3.11. The molecule has 0 spiro atoms. The number of aliphatic imine (C=N–C) groups is 1. The van der Waals surface area contributed by atoms with Crippen molar-refractivity contribution in [1.29, 1.82) is 0 Å². The summed E-state index contributed by atoms with van der Waals surface area (Å²) in [7, 11) is 5.75. The molecule has 5 nitrogen and oxygen atoms in total. The lowest BCUT2D eigenvalue weighted by molar-refractivity contribution is 0.306. The second-order valence-corrected chi connectivity index (χ2v) is 4.91. The summed E-state index contributed by atoms with van der Waals surface area (Å²) in [5.41, 5.74) is 7.03. The summed E-state index contributed by atoms with van der Waals surface area (Å²) >= 11 is 0. The van der Waals surface area contributed by atoms with Crippen molar-refractivity contribution in [2.75, 3.05) is 34.3 Å². The molecule has 0 aromatic heterocycles. The van der Waals surface area contributed by atoms with Crippen LogP contribution in [0.3, 0.4) is 0 Å². The molecule has 1 rings (SSSR count). The number of benzene rings is 1. The first-order valence-corrected chi connectivity index (χ1v) is 6.92. The van der Waals surface area contributed by atoms with E-state index in [-0.39, 0.29) is 6.04 Å². The number of likely N-dealkylation sites (N-methyl/N-ethyl adjacent to an activating group) is 1. The summed E-state index contributed by atoms with van der Waals surface area (Å²) in [6.45, 7) is 3.58. The molecule has 1 aromatic carbocycles. The topological polar surface area (TPSA) is 62.9 Å². The number of hydrogen-bond acceptors (Lipinski definition) is 3. The zero-order valence-corrected chi connectivity index (χ0v) is 12.9. The highest BCUT2D eigenvalue weighted by atomic mass is 16.5. The minimum atomic E-state index is 0.197. The van der Waals surface area contributed by atoms with Crippen LogP contribution in [0.2, 0.25) is 0 Å². The van der Waals surface area contributed by atoms with Gasteiger partial charge in [0.2, 0.25) is 0 Å². The van der Waals surface area contributed by atoms with Crippen LogP contribution < -0.4 is 15.8 Å². The zero-order valence-electron chi connectivity index (χ0n) is 12.9. The van der Waals surface area contributed by atoms with Crippen LogP contribution >= 0.6 is 0 Å². The smallest absolute Gasteiger partial charge is 0.188 e. The zero-order chi connectivity index (χ0) is 15.0. The number of methoxy groups -OCH3 is 1. The van der Waals surface area contributed by atoms with Crippen LogP contribution in [0.25, 0.3) is 0 Å². The lowest BCUT2D eigenvalue weighted by Crippen LogP contribution is -2.33. The Kier molecular flexibility index (Phi) is 6.87. The van der Waals surface area contributed by atoms with Gasteiger partial charge in [0.05, 0.1) is 19.7 Å². The first-order chi connectivity index (χ1) is 9.58. The summed E-state index contributed by atoms with van der Waals surface area (Å²) in [5.74, 6) is 1.37. The SMILES string of the molecule is CCCNC(N)=NCC(c1ccc(OC)cc1)N(C)C. The van der Waals surface area contributed by atoms with E-state index in [1.165, 1.54) is 5.56 Å². The normalized spacial score (nSPS) is 13.3. The number of ether oxygens (including phenoxy) is 1. The third-order valence-electron chi connectivity index (χ3n) is 3.11. The van der Waals surface area contributed by atoms with Gasteiger partial charge in [0.15, 0.2) is 5.96 Å². The number of guanidine groups is 1. The Labute approximate surface area is 121 Å². The highest BCUT2D eigenvalue weighted by molar-refractivity contribution is 5.77. The average Bonchev–Trinajstić information content (AvgIpc) is 2.45. The van der Waals surface area contributed by atoms with Crippen molar-refractivity contribution in [1.82, 2.24) is 10.2 Å². The molecule has 0 amide bonds. The molecule has 0 aliphatic rings. The van der Waals surface area contributed by atoms with Gasteiger partial charge >= 0.3 is 0 Å². The molecule has 20 heavy (non-hydrogen) atoms. The highest BCUT2D eigenvalue weighted by Crippen LogP contribution is 2.21. The molecule has 1 aromatic rings. The van der Waals surface area contributed by atoms with Crippen LogP contribution in [-0.2, 0) is 0 Å². The number of rotatable bonds is 7. The predicted octanol–water partition coefficient (Wildman–Crippen LogP) is 1.61. The Balaban J connectivity index is 2.73. The minimum absolute atomic E-state index is 0.197. The highest BCUT2D eigenvalue weighted by Gasteiger charge is 2.13. The molecule has 112 valence electrons. The maximum Gasteiger partial charge on any atom is 0.188 e. The summed E-state index contributed by atoms with van der Waals surface area (Å²) in [4.78, 5) is 6.55. The minimum Gasteiger partial charge on any atom is -0.497 e.